The van der Waals surface area contributed by atoms with Gasteiger partial charge in [-0.2, -0.15) is 0 Å². The Bertz CT molecular complexity index is 815. The van der Waals surface area contributed by atoms with Crippen molar-refractivity contribution in [2.24, 2.45) is 0 Å². The Hall–Kier alpha value is -1.84. The molecule has 0 amide bonds. The van der Waals surface area contributed by atoms with E-state index in [4.69, 9.17) is 28.2 Å². The van der Waals surface area contributed by atoms with Gasteiger partial charge < -0.3 is 4.90 Å². The summed E-state index contributed by atoms with van der Waals surface area (Å²) in [6, 6.07) is 16.3. The molecule has 0 saturated heterocycles. The zero-order chi connectivity index (χ0) is 16.9. The number of hydrogen-bond acceptors (Lipinski definition) is 3. The number of fused-ring (bicyclic) bond motifs is 1. The van der Waals surface area contributed by atoms with Crippen LogP contribution < -0.4 is 4.90 Å². The van der Waals surface area contributed by atoms with Crippen LogP contribution in [0.1, 0.15) is 5.69 Å². The van der Waals surface area contributed by atoms with Crippen molar-refractivity contribution in [1.82, 2.24) is 9.97 Å². The lowest BCUT2D eigenvalue weighted by molar-refractivity contribution is 0.877. The molecule has 0 atom stereocenters. The van der Waals surface area contributed by atoms with Crippen molar-refractivity contribution in [2.45, 2.75) is 6.92 Å². The molecule has 0 bridgehead atoms. The largest absolute Gasteiger partial charge is 0.368 e. The van der Waals surface area contributed by atoms with Crippen LogP contribution in [0.3, 0.4) is 0 Å². The van der Waals surface area contributed by atoms with Crippen LogP contribution in [-0.4, -0.2) is 34.8 Å². The number of pyridine rings is 2. The van der Waals surface area contributed by atoms with E-state index in [-0.39, 0.29) is 0 Å². The molecule has 0 aliphatic heterocycles. The molecule has 0 aliphatic carbocycles. The van der Waals surface area contributed by atoms with Crippen LogP contribution in [-0.2, 0) is 0 Å². The molecule has 3 nitrogen and oxygen atoms in total. The SMILES string of the molecule is Cc1ccc2c(N(CCCl)CCCl)cc(-c3ccccc3)nc2n1. The fraction of sp³-hybridized carbons (Fsp3) is 0.263. The summed E-state index contributed by atoms with van der Waals surface area (Å²) in [7, 11) is 0. The molecule has 0 aliphatic rings. The minimum Gasteiger partial charge on any atom is -0.368 e. The minimum atomic E-state index is 0.542. The fourth-order valence-electron chi connectivity index (χ4n) is 2.76. The highest BCUT2D eigenvalue weighted by Crippen LogP contribution is 2.30. The molecule has 0 fully saturated rings. The van der Waals surface area contributed by atoms with E-state index in [9.17, 15) is 0 Å². The number of nitrogens with zero attached hydrogens (tertiary/aromatic N) is 3. The lowest BCUT2D eigenvalue weighted by Gasteiger charge is -2.25. The van der Waals surface area contributed by atoms with Crippen molar-refractivity contribution in [3.63, 3.8) is 0 Å². The minimum absolute atomic E-state index is 0.542. The van der Waals surface area contributed by atoms with Crippen molar-refractivity contribution in [1.29, 1.82) is 0 Å². The first-order valence-corrected chi connectivity index (χ1v) is 9.00. The van der Waals surface area contributed by atoms with Crippen LogP contribution in [0.4, 0.5) is 5.69 Å². The number of aromatic nitrogens is 2. The first kappa shape index (κ1) is 17.0. The molecule has 0 saturated carbocycles. The Balaban J connectivity index is 2.21. The normalized spacial score (nSPS) is 11.0. The molecule has 0 spiro atoms. The number of halogens is 2. The average molecular weight is 360 g/mol. The second-order valence-electron chi connectivity index (χ2n) is 5.58. The van der Waals surface area contributed by atoms with Gasteiger partial charge in [-0.1, -0.05) is 30.3 Å². The molecule has 2 aromatic heterocycles. The molecule has 0 radical (unpaired) electrons. The maximum absolute atomic E-state index is 6.00. The molecule has 3 rings (SSSR count). The molecule has 1 aromatic carbocycles. The fourth-order valence-corrected chi connectivity index (χ4v) is 3.17. The summed E-state index contributed by atoms with van der Waals surface area (Å²) in [5.74, 6) is 1.08. The number of alkyl halides is 2. The molecule has 2 heterocycles. The number of rotatable bonds is 6. The van der Waals surface area contributed by atoms with E-state index in [0.717, 1.165) is 46.8 Å². The molecule has 124 valence electrons. The van der Waals surface area contributed by atoms with E-state index in [1.54, 1.807) is 0 Å². The van der Waals surface area contributed by atoms with Gasteiger partial charge in [-0.3, -0.25) is 0 Å². The predicted molar refractivity (Wildman–Crippen MR) is 103 cm³/mol. The van der Waals surface area contributed by atoms with Gasteiger partial charge >= 0.3 is 0 Å². The van der Waals surface area contributed by atoms with Gasteiger partial charge in [-0.05, 0) is 25.1 Å². The second-order valence-corrected chi connectivity index (χ2v) is 6.34. The molecule has 24 heavy (non-hydrogen) atoms. The summed E-state index contributed by atoms with van der Waals surface area (Å²) < 4.78 is 0. The summed E-state index contributed by atoms with van der Waals surface area (Å²) in [6.07, 6.45) is 0. The zero-order valence-corrected chi connectivity index (χ0v) is 15.1. The van der Waals surface area contributed by atoms with E-state index in [0.29, 0.717) is 11.8 Å². The molecular formula is C19H19Cl2N3. The molecular weight excluding hydrogens is 341 g/mol. The van der Waals surface area contributed by atoms with Crippen LogP contribution in [0.2, 0.25) is 0 Å². The molecule has 0 N–H and O–H groups in total. The van der Waals surface area contributed by atoms with Crippen molar-refractivity contribution in [3.05, 3.63) is 54.2 Å². The highest BCUT2D eigenvalue weighted by molar-refractivity contribution is 6.18. The Morgan fingerprint density at radius 1 is 0.917 bits per heavy atom. The second kappa shape index (κ2) is 7.82. The molecule has 0 unspecified atom stereocenters. The number of hydrogen-bond donors (Lipinski definition) is 0. The Morgan fingerprint density at radius 2 is 1.62 bits per heavy atom. The van der Waals surface area contributed by atoms with E-state index in [1.165, 1.54) is 0 Å². The maximum atomic E-state index is 6.00. The van der Waals surface area contributed by atoms with Gasteiger partial charge in [0.05, 0.1) is 11.4 Å². The van der Waals surface area contributed by atoms with E-state index >= 15 is 0 Å². The van der Waals surface area contributed by atoms with Crippen LogP contribution in [0, 0.1) is 6.92 Å². The Morgan fingerprint density at radius 3 is 2.29 bits per heavy atom. The predicted octanol–water partition coefficient (Wildman–Crippen LogP) is 4.89. The maximum Gasteiger partial charge on any atom is 0.162 e. The molecule has 3 aromatic rings. The zero-order valence-electron chi connectivity index (χ0n) is 13.5. The van der Waals surface area contributed by atoms with Gasteiger partial charge in [0, 0.05) is 41.5 Å². The monoisotopic (exact) mass is 359 g/mol. The summed E-state index contributed by atoms with van der Waals surface area (Å²) in [5.41, 5.74) is 4.76. The third-order valence-corrected chi connectivity index (χ3v) is 4.25. The summed E-state index contributed by atoms with van der Waals surface area (Å²) in [5, 5.41) is 1.02. The number of aryl methyl sites for hydroxylation is 1. The number of anilines is 1. The van der Waals surface area contributed by atoms with Crippen LogP contribution in [0.25, 0.3) is 22.3 Å². The van der Waals surface area contributed by atoms with Gasteiger partial charge in [-0.25, -0.2) is 9.97 Å². The van der Waals surface area contributed by atoms with Crippen molar-refractivity contribution in [2.75, 3.05) is 29.7 Å². The first-order valence-electron chi connectivity index (χ1n) is 7.93. The highest BCUT2D eigenvalue weighted by atomic mass is 35.5. The van der Waals surface area contributed by atoms with Gasteiger partial charge in [0.1, 0.15) is 0 Å². The van der Waals surface area contributed by atoms with Gasteiger partial charge in [-0.15, -0.1) is 23.2 Å². The van der Waals surface area contributed by atoms with E-state index < -0.39 is 0 Å². The third-order valence-electron chi connectivity index (χ3n) is 3.91. The Labute approximate surface area is 152 Å². The van der Waals surface area contributed by atoms with Crippen molar-refractivity contribution in [3.8, 4) is 11.3 Å². The standard InChI is InChI=1S/C19H19Cl2N3/c1-14-7-8-16-18(24(11-9-20)12-10-21)13-17(23-19(16)22-14)15-5-3-2-4-6-15/h2-8,13H,9-12H2,1H3. The van der Waals surface area contributed by atoms with Crippen LogP contribution >= 0.6 is 23.2 Å². The number of benzene rings is 1. The average Bonchev–Trinajstić information content (AvgIpc) is 2.61. The van der Waals surface area contributed by atoms with E-state index in [2.05, 4.69) is 34.1 Å². The van der Waals surface area contributed by atoms with Gasteiger partial charge in [0.15, 0.2) is 5.65 Å². The summed E-state index contributed by atoms with van der Waals surface area (Å²) in [6.45, 7) is 3.44. The summed E-state index contributed by atoms with van der Waals surface area (Å²) >= 11 is 12.0. The smallest absolute Gasteiger partial charge is 0.162 e. The first-order chi connectivity index (χ1) is 11.7. The quantitative estimate of drug-likeness (QED) is 0.586. The van der Waals surface area contributed by atoms with Gasteiger partial charge in [0.2, 0.25) is 0 Å². The molecule has 5 heteroatoms. The van der Waals surface area contributed by atoms with Crippen LogP contribution in [0.15, 0.2) is 48.5 Å². The van der Waals surface area contributed by atoms with Crippen LogP contribution in [0.5, 0.6) is 0 Å². The third kappa shape index (κ3) is 3.63. The highest BCUT2D eigenvalue weighted by Gasteiger charge is 2.14. The topological polar surface area (TPSA) is 29.0 Å². The van der Waals surface area contributed by atoms with Crippen molar-refractivity contribution < 1.29 is 0 Å². The van der Waals surface area contributed by atoms with Gasteiger partial charge in [0.25, 0.3) is 0 Å². The van der Waals surface area contributed by atoms with Crippen molar-refractivity contribution >= 4 is 39.9 Å². The summed E-state index contributed by atoms with van der Waals surface area (Å²) in [4.78, 5) is 11.6. The Kier molecular flexibility index (Phi) is 5.54. The lowest BCUT2D eigenvalue weighted by atomic mass is 10.1. The van der Waals surface area contributed by atoms with E-state index in [1.807, 2.05) is 31.2 Å². The lowest BCUT2D eigenvalue weighted by Crippen LogP contribution is -2.28.